The third kappa shape index (κ3) is 0.939. The topological polar surface area (TPSA) is 9.23 Å². The van der Waals surface area contributed by atoms with Crippen LogP contribution in [0.15, 0.2) is 11.9 Å². The Bertz CT molecular complexity index is 222. The Hall–Kier alpha value is -0.650. The summed E-state index contributed by atoms with van der Waals surface area (Å²) in [5.41, 5.74) is 0. The molecule has 1 nitrogen and oxygen atoms in total. The normalized spacial score (nSPS) is 31.8. The van der Waals surface area contributed by atoms with Crippen molar-refractivity contribution in [1.29, 1.82) is 0 Å². The summed E-state index contributed by atoms with van der Waals surface area (Å²) in [5.74, 6) is -11.4. The highest BCUT2D eigenvalue weighted by atomic mass is 19.3. The fourth-order valence-corrected chi connectivity index (χ4v) is 0.896. The molecule has 0 spiro atoms. The molecule has 1 atom stereocenters. The van der Waals surface area contributed by atoms with Gasteiger partial charge < -0.3 is 4.74 Å². The standard InChI is InChI=1S/C6H5F5O/c1-12-4-2-3(7)5(8,9)6(4,10)11/h2,4H,1H3. The van der Waals surface area contributed by atoms with E-state index >= 15 is 0 Å². The highest BCUT2D eigenvalue weighted by Crippen LogP contribution is 2.49. The highest BCUT2D eigenvalue weighted by Gasteiger charge is 2.68. The quantitative estimate of drug-likeness (QED) is 0.573. The summed E-state index contributed by atoms with van der Waals surface area (Å²) in [7, 11) is 0.809. The highest BCUT2D eigenvalue weighted by molar-refractivity contribution is 5.24. The maximum absolute atomic E-state index is 12.5. The average Bonchev–Trinajstić information content (AvgIpc) is 2.10. The molecule has 6 heteroatoms. The van der Waals surface area contributed by atoms with E-state index in [0.29, 0.717) is 0 Å². The van der Waals surface area contributed by atoms with Gasteiger partial charge in [0, 0.05) is 7.11 Å². The lowest BCUT2D eigenvalue weighted by Gasteiger charge is -2.22. The molecule has 0 fully saturated rings. The molecule has 0 radical (unpaired) electrons. The number of hydrogen-bond acceptors (Lipinski definition) is 1. The number of allylic oxidation sites excluding steroid dienone is 1. The number of ether oxygens (including phenoxy) is 1. The van der Waals surface area contributed by atoms with Crippen molar-refractivity contribution < 1.29 is 26.7 Å². The van der Waals surface area contributed by atoms with Crippen LogP contribution in [0, 0.1) is 0 Å². The predicted molar refractivity (Wildman–Crippen MR) is 29.9 cm³/mol. The van der Waals surface area contributed by atoms with Gasteiger partial charge >= 0.3 is 11.8 Å². The van der Waals surface area contributed by atoms with Gasteiger partial charge in [-0.15, -0.1) is 0 Å². The average molecular weight is 188 g/mol. The largest absolute Gasteiger partial charge is 0.371 e. The molecular formula is C6H5F5O. The van der Waals surface area contributed by atoms with Gasteiger partial charge in [0.15, 0.2) is 5.83 Å². The first-order valence-corrected chi connectivity index (χ1v) is 3.00. The molecular weight excluding hydrogens is 183 g/mol. The van der Waals surface area contributed by atoms with Gasteiger partial charge in [-0.2, -0.15) is 17.6 Å². The molecule has 0 heterocycles. The third-order valence-electron chi connectivity index (χ3n) is 1.63. The Morgan fingerprint density at radius 3 is 2.00 bits per heavy atom. The summed E-state index contributed by atoms with van der Waals surface area (Å²) >= 11 is 0. The van der Waals surface area contributed by atoms with E-state index < -0.39 is 23.8 Å². The van der Waals surface area contributed by atoms with E-state index in [4.69, 9.17) is 0 Å². The van der Waals surface area contributed by atoms with Gasteiger partial charge in [-0.25, -0.2) is 4.39 Å². The first-order valence-electron chi connectivity index (χ1n) is 3.00. The molecule has 0 saturated carbocycles. The monoisotopic (exact) mass is 188 g/mol. The van der Waals surface area contributed by atoms with Gasteiger partial charge in [0.1, 0.15) is 6.10 Å². The first-order chi connectivity index (χ1) is 5.34. The zero-order valence-electron chi connectivity index (χ0n) is 5.95. The summed E-state index contributed by atoms with van der Waals surface area (Å²) in [4.78, 5) is 0. The second-order valence-electron chi connectivity index (χ2n) is 2.37. The van der Waals surface area contributed by atoms with E-state index in [-0.39, 0.29) is 6.08 Å². The van der Waals surface area contributed by atoms with Gasteiger partial charge in [-0.1, -0.05) is 0 Å². The van der Waals surface area contributed by atoms with Crippen molar-refractivity contribution in [2.24, 2.45) is 0 Å². The molecule has 0 N–H and O–H groups in total. The van der Waals surface area contributed by atoms with Crippen molar-refractivity contribution in [2.45, 2.75) is 17.9 Å². The van der Waals surface area contributed by atoms with Gasteiger partial charge in [0.25, 0.3) is 0 Å². The second kappa shape index (κ2) is 2.42. The van der Waals surface area contributed by atoms with Gasteiger partial charge in [0.05, 0.1) is 0 Å². The van der Waals surface area contributed by atoms with Crippen LogP contribution >= 0.6 is 0 Å². The lowest BCUT2D eigenvalue weighted by Crippen LogP contribution is -2.44. The molecule has 0 aliphatic heterocycles. The minimum absolute atomic E-state index is 0.0833. The van der Waals surface area contributed by atoms with E-state index in [1.54, 1.807) is 0 Å². The maximum atomic E-state index is 12.5. The molecule has 1 rings (SSSR count). The number of methoxy groups -OCH3 is 1. The smallest absolute Gasteiger partial charge is 0.363 e. The van der Waals surface area contributed by atoms with Crippen molar-refractivity contribution in [1.82, 2.24) is 0 Å². The van der Waals surface area contributed by atoms with E-state index in [0.717, 1.165) is 7.11 Å². The van der Waals surface area contributed by atoms with Crippen LogP contribution in [0.5, 0.6) is 0 Å². The number of rotatable bonds is 1. The fourth-order valence-electron chi connectivity index (χ4n) is 0.896. The molecule has 0 amide bonds. The van der Waals surface area contributed by atoms with Crippen molar-refractivity contribution in [2.75, 3.05) is 7.11 Å². The molecule has 0 aromatic carbocycles. The fraction of sp³-hybridized carbons (Fsp3) is 0.667. The molecule has 0 bridgehead atoms. The van der Waals surface area contributed by atoms with E-state index in [1.807, 2.05) is 0 Å². The zero-order valence-corrected chi connectivity index (χ0v) is 5.95. The van der Waals surface area contributed by atoms with Gasteiger partial charge in [0.2, 0.25) is 0 Å². The molecule has 70 valence electrons. The molecule has 0 aromatic heterocycles. The molecule has 1 aliphatic rings. The summed E-state index contributed by atoms with van der Waals surface area (Å²) in [5, 5.41) is 0. The van der Waals surface area contributed by atoms with Crippen LogP contribution in [0.4, 0.5) is 22.0 Å². The Morgan fingerprint density at radius 2 is 1.83 bits per heavy atom. The van der Waals surface area contributed by atoms with E-state index in [2.05, 4.69) is 4.74 Å². The minimum Gasteiger partial charge on any atom is -0.371 e. The number of hydrogen-bond donors (Lipinski definition) is 0. The van der Waals surface area contributed by atoms with Crippen molar-refractivity contribution in [3.8, 4) is 0 Å². The molecule has 0 saturated heterocycles. The van der Waals surface area contributed by atoms with Crippen molar-refractivity contribution in [3.05, 3.63) is 11.9 Å². The van der Waals surface area contributed by atoms with Crippen LogP contribution in [0.1, 0.15) is 0 Å². The van der Waals surface area contributed by atoms with Crippen LogP contribution in [0.25, 0.3) is 0 Å². The summed E-state index contributed by atoms with van der Waals surface area (Å²) in [6.45, 7) is 0. The summed E-state index contributed by atoms with van der Waals surface area (Å²) in [6, 6.07) is 0. The first kappa shape index (κ1) is 9.44. The van der Waals surface area contributed by atoms with Crippen LogP contribution < -0.4 is 0 Å². The molecule has 0 aromatic rings. The van der Waals surface area contributed by atoms with Gasteiger partial charge in [-0.3, -0.25) is 0 Å². The number of alkyl halides is 4. The van der Waals surface area contributed by atoms with Crippen LogP contribution in [-0.4, -0.2) is 25.1 Å². The molecule has 12 heavy (non-hydrogen) atoms. The third-order valence-corrected chi connectivity index (χ3v) is 1.63. The lowest BCUT2D eigenvalue weighted by molar-refractivity contribution is -0.221. The minimum atomic E-state index is -4.74. The van der Waals surface area contributed by atoms with Crippen molar-refractivity contribution in [3.63, 3.8) is 0 Å². The van der Waals surface area contributed by atoms with E-state index in [1.165, 1.54) is 0 Å². The molecule has 1 unspecified atom stereocenters. The molecule has 1 aliphatic carbocycles. The van der Waals surface area contributed by atoms with Crippen molar-refractivity contribution >= 4 is 0 Å². The second-order valence-corrected chi connectivity index (χ2v) is 2.37. The Kier molecular flexibility index (Phi) is 1.90. The number of halogens is 5. The van der Waals surface area contributed by atoms with Crippen LogP contribution in [0.3, 0.4) is 0 Å². The maximum Gasteiger partial charge on any atom is 0.363 e. The SMILES string of the molecule is COC1C=C(F)C(F)(F)C1(F)F. The summed E-state index contributed by atoms with van der Waals surface area (Å²) < 4.78 is 65.7. The Balaban J connectivity index is 3.03. The van der Waals surface area contributed by atoms with E-state index in [9.17, 15) is 22.0 Å². The van der Waals surface area contributed by atoms with Gasteiger partial charge in [-0.05, 0) is 6.08 Å². The summed E-state index contributed by atoms with van der Waals surface area (Å²) in [6.07, 6.45) is -2.10. The Morgan fingerprint density at radius 1 is 1.33 bits per heavy atom. The Labute approximate surface area is 64.8 Å². The zero-order chi connectivity index (χ0) is 9.57. The predicted octanol–water partition coefficient (Wildman–Crippen LogP) is 2.14. The van der Waals surface area contributed by atoms with Crippen LogP contribution in [0.2, 0.25) is 0 Å². The van der Waals surface area contributed by atoms with Crippen LogP contribution in [-0.2, 0) is 4.74 Å². The lowest BCUT2D eigenvalue weighted by atomic mass is 10.2.